The van der Waals surface area contributed by atoms with Gasteiger partial charge in [0.25, 0.3) is 0 Å². The van der Waals surface area contributed by atoms with Crippen LogP contribution in [0.3, 0.4) is 0 Å². The summed E-state index contributed by atoms with van der Waals surface area (Å²) in [5.41, 5.74) is 0.0519. The molecule has 3 nitrogen and oxygen atoms in total. The number of aliphatic hydroxyl groups excluding tert-OH is 1. The highest BCUT2D eigenvalue weighted by molar-refractivity contribution is 4.82. The average molecular weight is 259 g/mol. The highest BCUT2D eigenvalue weighted by Gasteiger charge is 2.30. The van der Waals surface area contributed by atoms with E-state index in [1.54, 1.807) is 7.11 Å². The first-order valence-electron chi connectivity index (χ1n) is 7.46. The molecule has 0 aromatic rings. The molecule has 0 amide bonds. The lowest BCUT2D eigenvalue weighted by molar-refractivity contribution is 0.0308. The van der Waals surface area contributed by atoms with Crippen LogP contribution in [0.25, 0.3) is 0 Å². The summed E-state index contributed by atoms with van der Waals surface area (Å²) in [5, 5.41) is 9.72. The van der Waals surface area contributed by atoms with Gasteiger partial charge in [-0.1, -0.05) is 27.7 Å². The Hall–Kier alpha value is -0.120. The van der Waals surface area contributed by atoms with E-state index in [1.165, 1.54) is 0 Å². The van der Waals surface area contributed by atoms with Crippen LogP contribution in [0.15, 0.2) is 0 Å². The van der Waals surface area contributed by atoms with Gasteiger partial charge in [-0.15, -0.1) is 0 Å². The summed E-state index contributed by atoms with van der Waals surface area (Å²) in [6, 6.07) is 0.601. The Kier molecular flexibility index (Phi) is 9.70. The fraction of sp³-hybridized carbons (Fsp3) is 1.00. The molecule has 0 spiro atoms. The second kappa shape index (κ2) is 9.76. The van der Waals surface area contributed by atoms with E-state index >= 15 is 0 Å². The fourth-order valence-electron chi connectivity index (χ4n) is 2.58. The maximum absolute atomic E-state index is 9.72. The molecule has 0 unspecified atom stereocenters. The number of methoxy groups -OCH3 is 1. The first-order chi connectivity index (χ1) is 8.62. The van der Waals surface area contributed by atoms with Gasteiger partial charge in [-0.05, 0) is 25.7 Å². The summed E-state index contributed by atoms with van der Waals surface area (Å²) >= 11 is 0. The van der Waals surface area contributed by atoms with E-state index in [1.807, 2.05) is 0 Å². The molecule has 0 aromatic heterocycles. The SMILES string of the molecule is CCC(CC)N(CCOC)CC(CC)(CC)CO. The lowest BCUT2D eigenvalue weighted by Gasteiger charge is -2.39. The normalized spacial score (nSPS) is 12.7. The van der Waals surface area contributed by atoms with E-state index in [0.717, 1.165) is 45.4 Å². The van der Waals surface area contributed by atoms with E-state index < -0.39 is 0 Å². The van der Waals surface area contributed by atoms with Crippen molar-refractivity contribution in [2.24, 2.45) is 5.41 Å². The van der Waals surface area contributed by atoms with Crippen LogP contribution in [0, 0.1) is 5.41 Å². The van der Waals surface area contributed by atoms with E-state index in [0.29, 0.717) is 6.04 Å². The van der Waals surface area contributed by atoms with Crippen molar-refractivity contribution < 1.29 is 9.84 Å². The molecule has 0 aliphatic heterocycles. The van der Waals surface area contributed by atoms with E-state index in [9.17, 15) is 5.11 Å². The van der Waals surface area contributed by atoms with Crippen LogP contribution >= 0.6 is 0 Å². The van der Waals surface area contributed by atoms with Crippen molar-refractivity contribution in [1.82, 2.24) is 4.90 Å². The number of hydrogen-bond donors (Lipinski definition) is 1. The lowest BCUT2D eigenvalue weighted by atomic mass is 9.82. The van der Waals surface area contributed by atoms with Crippen LogP contribution in [-0.2, 0) is 4.74 Å². The minimum atomic E-state index is 0.0519. The molecule has 18 heavy (non-hydrogen) atoms. The Morgan fingerprint density at radius 2 is 1.67 bits per heavy atom. The molecule has 1 N–H and O–H groups in total. The second-order valence-electron chi connectivity index (χ2n) is 5.30. The summed E-state index contributed by atoms with van der Waals surface area (Å²) in [5.74, 6) is 0. The zero-order valence-electron chi connectivity index (χ0n) is 13.0. The Morgan fingerprint density at radius 3 is 2.00 bits per heavy atom. The van der Waals surface area contributed by atoms with E-state index in [4.69, 9.17) is 4.74 Å². The second-order valence-corrected chi connectivity index (χ2v) is 5.30. The number of ether oxygens (including phenoxy) is 1. The molecule has 110 valence electrons. The van der Waals surface area contributed by atoms with Gasteiger partial charge >= 0.3 is 0 Å². The van der Waals surface area contributed by atoms with Crippen molar-refractivity contribution in [2.75, 3.05) is 33.4 Å². The molecule has 0 bridgehead atoms. The van der Waals surface area contributed by atoms with Gasteiger partial charge in [0.15, 0.2) is 0 Å². The van der Waals surface area contributed by atoms with Crippen LogP contribution in [0.4, 0.5) is 0 Å². The zero-order chi connectivity index (χ0) is 14.0. The molecule has 0 atom stereocenters. The molecule has 0 aromatic carbocycles. The Balaban J connectivity index is 4.72. The van der Waals surface area contributed by atoms with Gasteiger partial charge in [-0.3, -0.25) is 4.90 Å². The molecule has 0 heterocycles. The van der Waals surface area contributed by atoms with Crippen LogP contribution < -0.4 is 0 Å². The van der Waals surface area contributed by atoms with Crippen LogP contribution in [0.5, 0.6) is 0 Å². The largest absolute Gasteiger partial charge is 0.396 e. The van der Waals surface area contributed by atoms with Crippen LogP contribution in [0.1, 0.15) is 53.4 Å². The first-order valence-corrected chi connectivity index (χ1v) is 7.46. The maximum atomic E-state index is 9.72. The number of rotatable bonds is 11. The molecular formula is C15H33NO2. The summed E-state index contributed by atoms with van der Waals surface area (Å²) in [4.78, 5) is 2.51. The molecular weight excluding hydrogens is 226 g/mol. The Labute approximate surface area is 114 Å². The number of nitrogens with zero attached hydrogens (tertiary/aromatic N) is 1. The summed E-state index contributed by atoms with van der Waals surface area (Å²) in [6.45, 7) is 11.8. The highest BCUT2D eigenvalue weighted by Crippen LogP contribution is 2.28. The van der Waals surface area contributed by atoms with Gasteiger partial charge in [-0.2, -0.15) is 0 Å². The molecule has 0 radical (unpaired) electrons. The molecule has 0 saturated heterocycles. The van der Waals surface area contributed by atoms with Gasteiger partial charge in [0.05, 0.1) is 6.61 Å². The molecule has 3 heteroatoms. The molecule has 0 fully saturated rings. The minimum absolute atomic E-state index is 0.0519. The average Bonchev–Trinajstić information content (AvgIpc) is 2.42. The standard InChI is InChI=1S/C15H33NO2/c1-6-14(7-2)16(10-11-18-5)12-15(8-3,9-4)13-17/h14,17H,6-13H2,1-5H3. The maximum Gasteiger partial charge on any atom is 0.0589 e. The summed E-state index contributed by atoms with van der Waals surface area (Å²) in [7, 11) is 1.75. The Morgan fingerprint density at radius 1 is 1.11 bits per heavy atom. The van der Waals surface area contributed by atoms with E-state index in [-0.39, 0.29) is 12.0 Å². The van der Waals surface area contributed by atoms with Crippen molar-refractivity contribution in [2.45, 2.75) is 59.4 Å². The predicted octanol–water partition coefficient (Wildman–Crippen LogP) is 2.92. The van der Waals surface area contributed by atoms with Crippen molar-refractivity contribution in [3.63, 3.8) is 0 Å². The first kappa shape index (κ1) is 17.9. The third kappa shape index (κ3) is 5.25. The van der Waals surface area contributed by atoms with Gasteiger partial charge < -0.3 is 9.84 Å². The summed E-state index contributed by atoms with van der Waals surface area (Å²) in [6.07, 6.45) is 4.39. The van der Waals surface area contributed by atoms with Crippen LogP contribution in [-0.4, -0.2) is 49.5 Å². The van der Waals surface area contributed by atoms with Crippen molar-refractivity contribution in [3.8, 4) is 0 Å². The Bertz CT molecular complexity index is 181. The quantitative estimate of drug-likeness (QED) is 0.619. The molecule has 0 aliphatic carbocycles. The van der Waals surface area contributed by atoms with Crippen LogP contribution in [0.2, 0.25) is 0 Å². The smallest absolute Gasteiger partial charge is 0.0589 e. The topological polar surface area (TPSA) is 32.7 Å². The van der Waals surface area contributed by atoms with E-state index in [2.05, 4.69) is 32.6 Å². The van der Waals surface area contributed by atoms with Crippen molar-refractivity contribution in [3.05, 3.63) is 0 Å². The van der Waals surface area contributed by atoms with Gasteiger partial charge in [0.2, 0.25) is 0 Å². The summed E-state index contributed by atoms with van der Waals surface area (Å²) < 4.78 is 5.22. The number of aliphatic hydroxyl groups is 1. The molecule has 0 saturated carbocycles. The van der Waals surface area contributed by atoms with Gasteiger partial charge in [0, 0.05) is 38.3 Å². The van der Waals surface area contributed by atoms with Crippen molar-refractivity contribution in [1.29, 1.82) is 0 Å². The molecule has 0 rings (SSSR count). The van der Waals surface area contributed by atoms with Crippen molar-refractivity contribution >= 4 is 0 Å². The third-order valence-corrected chi connectivity index (χ3v) is 4.42. The monoisotopic (exact) mass is 259 g/mol. The highest BCUT2D eigenvalue weighted by atomic mass is 16.5. The molecule has 0 aliphatic rings. The zero-order valence-corrected chi connectivity index (χ0v) is 13.0. The minimum Gasteiger partial charge on any atom is -0.396 e. The third-order valence-electron chi connectivity index (χ3n) is 4.42. The van der Waals surface area contributed by atoms with Gasteiger partial charge in [0.1, 0.15) is 0 Å². The fourth-order valence-corrected chi connectivity index (χ4v) is 2.58. The predicted molar refractivity (Wildman–Crippen MR) is 77.9 cm³/mol. The lowest BCUT2D eigenvalue weighted by Crippen LogP contribution is -2.46. The number of hydrogen-bond acceptors (Lipinski definition) is 3. The van der Waals surface area contributed by atoms with Gasteiger partial charge in [-0.25, -0.2) is 0 Å².